The van der Waals surface area contributed by atoms with Gasteiger partial charge in [0.25, 0.3) is 0 Å². The predicted octanol–water partition coefficient (Wildman–Crippen LogP) is 6.79. The largest absolute Gasteiger partial charge is 0.336 e. The summed E-state index contributed by atoms with van der Waals surface area (Å²) in [5.74, 6) is 0.605. The van der Waals surface area contributed by atoms with Gasteiger partial charge in [-0.05, 0) is 73.3 Å². The van der Waals surface area contributed by atoms with Crippen LogP contribution in [0.5, 0.6) is 0 Å². The Morgan fingerprint density at radius 1 is 0.900 bits per heavy atom. The number of rotatable bonds is 7. The zero-order chi connectivity index (χ0) is 27.1. The molecule has 1 fully saturated rings. The number of pyridine rings is 2. The summed E-state index contributed by atoms with van der Waals surface area (Å²) < 4.78 is 28.8. The van der Waals surface area contributed by atoms with E-state index in [0.717, 1.165) is 34.5 Å². The smallest absolute Gasteiger partial charge is 0.159 e. The number of H-pyrrole nitrogens is 2. The van der Waals surface area contributed by atoms with Crippen molar-refractivity contribution < 1.29 is 8.78 Å². The maximum Gasteiger partial charge on any atom is 0.159 e. The summed E-state index contributed by atoms with van der Waals surface area (Å²) in [7, 11) is 0. The van der Waals surface area contributed by atoms with Crippen molar-refractivity contribution in [2.75, 3.05) is 6.54 Å². The molecule has 2 aromatic carbocycles. The van der Waals surface area contributed by atoms with Gasteiger partial charge in [0.1, 0.15) is 22.8 Å². The zero-order valence-corrected chi connectivity index (χ0v) is 21.7. The lowest BCUT2D eigenvalue weighted by Crippen LogP contribution is -2.20. The van der Waals surface area contributed by atoms with E-state index in [0.29, 0.717) is 45.9 Å². The second-order valence-corrected chi connectivity index (χ2v) is 10.5. The van der Waals surface area contributed by atoms with Crippen molar-refractivity contribution in [3.05, 3.63) is 84.3 Å². The van der Waals surface area contributed by atoms with Crippen molar-refractivity contribution in [2.45, 2.75) is 32.2 Å². The van der Waals surface area contributed by atoms with Crippen LogP contribution in [0.1, 0.15) is 31.2 Å². The lowest BCUT2D eigenvalue weighted by atomic mass is 10.0. The van der Waals surface area contributed by atoms with E-state index in [2.05, 4.69) is 30.5 Å². The lowest BCUT2D eigenvalue weighted by Gasteiger charge is -2.11. The molecule has 4 heterocycles. The van der Waals surface area contributed by atoms with Crippen LogP contribution < -0.4 is 5.32 Å². The molecule has 0 unspecified atom stereocenters. The van der Waals surface area contributed by atoms with Crippen LogP contribution in [0.4, 0.5) is 8.78 Å². The molecule has 0 saturated heterocycles. The van der Waals surface area contributed by atoms with Gasteiger partial charge in [0.2, 0.25) is 0 Å². The molecule has 1 saturated carbocycles. The number of halogens is 2. The van der Waals surface area contributed by atoms with Gasteiger partial charge in [-0.1, -0.05) is 12.8 Å². The summed E-state index contributed by atoms with van der Waals surface area (Å²) in [6, 6.07) is 13.2. The molecule has 200 valence electrons. The third-order valence-corrected chi connectivity index (χ3v) is 7.74. The highest BCUT2D eigenvalue weighted by Gasteiger charge is 2.19. The Balaban J connectivity index is 1.22. The number of imidazole rings is 1. The topological polar surface area (TPSA) is 95.2 Å². The van der Waals surface area contributed by atoms with Crippen LogP contribution in [-0.4, -0.2) is 36.7 Å². The summed E-state index contributed by atoms with van der Waals surface area (Å²) in [5.41, 5.74) is 6.11. The average Bonchev–Trinajstić information content (AvgIpc) is 3.73. The van der Waals surface area contributed by atoms with Crippen LogP contribution in [0.15, 0.2) is 67.1 Å². The molecule has 6 aromatic rings. The molecule has 1 aliphatic rings. The monoisotopic (exact) mass is 535 g/mol. The molecule has 9 heteroatoms. The Hall–Kier alpha value is -4.50. The van der Waals surface area contributed by atoms with Gasteiger partial charge in [0.05, 0.1) is 16.7 Å². The molecular formula is C31H27F2N7. The van der Waals surface area contributed by atoms with Crippen molar-refractivity contribution in [2.24, 2.45) is 5.92 Å². The van der Waals surface area contributed by atoms with E-state index in [-0.39, 0.29) is 11.6 Å². The maximum atomic E-state index is 15.3. The van der Waals surface area contributed by atoms with Gasteiger partial charge in [-0.25, -0.2) is 13.8 Å². The number of fused-ring (bicyclic) bond motifs is 2. The minimum atomic E-state index is -0.354. The van der Waals surface area contributed by atoms with Crippen LogP contribution in [0.3, 0.4) is 0 Å². The molecule has 0 bridgehead atoms. The van der Waals surface area contributed by atoms with Gasteiger partial charge >= 0.3 is 0 Å². The molecule has 0 spiro atoms. The summed E-state index contributed by atoms with van der Waals surface area (Å²) in [5, 5.41) is 11.7. The first-order valence-corrected chi connectivity index (χ1v) is 13.6. The van der Waals surface area contributed by atoms with E-state index in [1.807, 2.05) is 18.3 Å². The average molecular weight is 536 g/mol. The quantitative estimate of drug-likeness (QED) is 0.209. The first kappa shape index (κ1) is 24.5. The number of aromatic amines is 2. The van der Waals surface area contributed by atoms with Crippen LogP contribution in [-0.2, 0) is 6.54 Å². The molecule has 40 heavy (non-hydrogen) atoms. The van der Waals surface area contributed by atoms with E-state index in [4.69, 9.17) is 4.98 Å². The zero-order valence-electron chi connectivity index (χ0n) is 21.7. The van der Waals surface area contributed by atoms with Gasteiger partial charge in [-0.2, -0.15) is 5.10 Å². The van der Waals surface area contributed by atoms with Crippen LogP contribution in [0, 0.1) is 17.6 Å². The minimum absolute atomic E-state index is 0.314. The Bertz CT molecular complexity index is 1820. The van der Waals surface area contributed by atoms with Gasteiger partial charge in [-0.15, -0.1) is 0 Å². The number of hydrogen-bond donors (Lipinski definition) is 3. The highest BCUT2D eigenvalue weighted by molar-refractivity contribution is 5.97. The normalized spacial score (nSPS) is 14.1. The van der Waals surface area contributed by atoms with Crippen molar-refractivity contribution in [1.82, 2.24) is 35.5 Å². The van der Waals surface area contributed by atoms with Crippen molar-refractivity contribution >= 4 is 21.9 Å². The number of nitrogens with one attached hydrogen (secondary N) is 3. The number of nitrogens with zero attached hydrogens (tertiary/aromatic N) is 4. The number of benzene rings is 2. The Morgan fingerprint density at radius 3 is 2.60 bits per heavy atom. The molecule has 7 nitrogen and oxygen atoms in total. The van der Waals surface area contributed by atoms with E-state index >= 15 is 4.39 Å². The molecule has 0 radical (unpaired) electrons. The molecule has 3 N–H and O–H groups in total. The first-order valence-electron chi connectivity index (χ1n) is 13.6. The minimum Gasteiger partial charge on any atom is -0.336 e. The Morgan fingerprint density at radius 2 is 1.75 bits per heavy atom. The Labute approximate surface area is 229 Å². The molecule has 0 amide bonds. The molecule has 0 aliphatic heterocycles. The number of aromatic nitrogens is 6. The van der Waals surface area contributed by atoms with E-state index in [1.54, 1.807) is 30.6 Å². The van der Waals surface area contributed by atoms with E-state index in [1.165, 1.54) is 43.9 Å². The van der Waals surface area contributed by atoms with Crippen molar-refractivity contribution in [3.63, 3.8) is 0 Å². The molecule has 1 aliphatic carbocycles. The predicted molar refractivity (Wildman–Crippen MR) is 151 cm³/mol. The van der Waals surface area contributed by atoms with Crippen molar-refractivity contribution in [1.29, 1.82) is 0 Å². The van der Waals surface area contributed by atoms with Gasteiger partial charge in [0.15, 0.2) is 5.82 Å². The molecule has 7 rings (SSSR count). The second kappa shape index (κ2) is 10.2. The lowest BCUT2D eigenvalue weighted by molar-refractivity contribution is 0.489. The van der Waals surface area contributed by atoms with E-state index in [9.17, 15) is 4.39 Å². The SMILES string of the molecule is Fc1ccc(-c2nccc3[nH]c(-c4n[nH]c5cc(F)c(-c6cncc(CNCC7CCCC7)c6)cc45)nc23)cc1. The highest BCUT2D eigenvalue weighted by Crippen LogP contribution is 2.34. The molecular weight excluding hydrogens is 508 g/mol. The van der Waals surface area contributed by atoms with Gasteiger partial charge in [-0.3, -0.25) is 15.1 Å². The second-order valence-electron chi connectivity index (χ2n) is 10.5. The summed E-state index contributed by atoms with van der Waals surface area (Å²) in [6.45, 7) is 1.69. The maximum absolute atomic E-state index is 15.3. The molecule has 4 aromatic heterocycles. The van der Waals surface area contributed by atoms with E-state index < -0.39 is 0 Å². The first-order chi connectivity index (χ1) is 19.6. The fraction of sp³-hybridized carbons (Fsp3) is 0.226. The third-order valence-electron chi connectivity index (χ3n) is 7.74. The van der Waals surface area contributed by atoms with Crippen molar-refractivity contribution in [3.8, 4) is 33.9 Å². The highest BCUT2D eigenvalue weighted by atomic mass is 19.1. The van der Waals surface area contributed by atoms with Gasteiger partial charge in [0, 0.05) is 53.3 Å². The van der Waals surface area contributed by atoms with Crippen LogP contribution in [0.25, 0.3) is 55.8 Å². The summed E-state index contributed by atoms with van der Waals surface area (Å²) >= 11 is 0. The van der Waals surface area contributed by atoms with Crippen LogP contribution >= 0.6 is 0 Å². The van der Waals surface area contributed by atoms with Crippen LogP contribution in [0.2, 0.25) is 0 Å². The number of hydrogen-bond acceptors (Lipinski definition) is 5. The fourth-order valence-electron chi connectivity index (χ4n) is 5.67. The standard InChI is InChI=1S/C31H27F2N7/c32-22-7-5-20(6-8-22)28-30-26(9-10-36-28)37-31(38-30)29-24-12-23(25(33)13-27(24)39-40-29)21-11-19(16-35-17-21)15-34-14-18-3-1-2-4-18/h5-13,16-18,34H,1-4,14-15H2,(H,37,38)(H,39,40). The molecule has 0 atom stereocenters. The fourth-order valence-corrected chi connectivity index (χ4v) is 5.67. The van der Waals surface area contributed by atoms with Gasteiger partial charge < -0.3 is 10.3 Å². The summed E-state index contributed by atoms with van der Waals surface area (Å²) in [4.78, 5) is 17.0. The summed E-state index contributed by atoms with van der Waals surface area (Å²) in [6.07, 6.45) is 10.4. The third kappa shape index (κ3) is 4.62. The Kier molecular flexibility index (Phi) is 6.28.